The third-order valence-corrected chi connectivity index (χ3v) is 11.8. The zero-order valence-electron chi connectivity index (χ0n) is 41.3. The number of aliphatic carboxylic acids is 1. The van der Waals surface area contributed by atoms with Crippen molar-refractivity contribution in [1.82, 2.24) is 0 Å². The molecule has 0 bridgehead atoms. The Kier molecular flexibility index (Phi) is 43.3. The monoisotopic (exact) mass is 874 g/mol. The zero-order chi connectivity index (χ0) is 45.6. The fraction of sp³-hybridized carbons (Fsp3) is 0.833. The van der Waals surface area contributed by atoms with Gasteiger partial charge in [0.1, 0.15) is 12.6 Å². The Morgan fingerprint density at radius 3 is 1.34 bits per heavy atom. The first kappa shape index (κ1) is 59.5. The summed E-state index contributed by atoms with van der Waals surface area (Å²) in [6.07, 6.45) is 53.1. The van der Waals surface area contributed by atoms with Gasteiger partial charge in [0.25, 0.3) is 0 Å². The molecule has 0 spiro atoms. The highest BCUT2D eigenvalue weighted by Gasteiger charge is 2.25. The van der Waals surface area contributed by atoms with Crippen molar-refractivity contribution >= 4 is 17.9 Å². The van der Waals surface area contributed by atoms with E-state index in [0.29, 0.717) is 12.8 Å². The minimum absolute atomic E-state index is 0.0438. The molecule has 0 aliphatic carbocycles. The molecule has 0 aromatic carbocycles. The zero-order valence-corrected chi connectivity index (χ0v) is 41.3. The molecule has 0 fully saturated rings. The second-order valence-corrected chi connectivity index (χ2v) is 18.7. The van der Waals surface area contributed by atoms with Gasteiger partial charge in [-0.1, -0.05) is 211 Å². The van der Waals surface area contributed by atoms with Gasteiger partial charge in [-0.2, -0.15) is 0 Å². The highest BCUT2D eigenvalue weighted by atomic mass is 16.6. The van der Waals surface area contributed by atoms with Crippen LogP contribution in [0.15, 0.2) is 36.5 Å². The molecule has 8 nitrogen and oxygen atoms in total. The van der Waals surface area contributed by atoms with E-state index in [4.69, 9.17) is 14.2 Å². The van der Waals surface area contributed by atoms with E-state index in [0.717, 1.165) is 57.8 Å². The molecule has 0 aromatic rings. The van der Waals surface area contributed by atoms with Crippen LogP contribution in [0.1, 0.15) is 239 Å². The predicted molar refractivity (Wildman–Crippen MR) is 259 cm³/mol. The lowest BCUT2D eigenvalue weighted by Crippen LogP contribution is -2.55. The standard InChI is InChI=1S/C54H99NO7/c1-6-8-10-12-14-16-18-20-22-24-25-26-27-29-30-32-34-36-38-40-42-44-52(56)61-49-50(48-60-47-46-51(54(58)59)55(3,4)5)62-53(57)45-43-41-39-37-35-33-31-28-23-21-19-17-15-13-11-9-7-2/h8,10,14,16,20,22,50-51H,6-7,9,11-13,15,17-19,21,23-49H2,1-5H3/b10-8+,16-14+,22-20+. The van der Waals surface area contributed by atoms with Crippen LogP contribution in [0.3, 0.4) is 0 Å². The van der Waals surface area contributed by atoms with Crippen LogP contribution in [0.2, 0.25) is 0 Å². The van der Waals surface area contributed by atoms with Crippen LogP contribution in [0.25, 0.3) is 0 Å². The van der Waals surface area contributed by atoms with E-state index in [9.17, 15) is 19.5 Å². The molecule has 0 aliphatic rings. The molecule has 2 unspecified atom stereocenters. The van der Waals surface area contributed by atoms with Crippen LogP contribution >= 0.6 is 0 Å². The Morgan fingerprint density at radius 2 is 0.903 bits per heavy atom. The molecule has 2 atom stereocenters. The SMILES string of the molecule is CC/C=C/C/C=C/C/C=C/CCCCCCCCCCCCCC(=O)OCC(COCCC(C(=O)[O-])[N+](C)(C)C)OC(=O)CCCCCCCCCCCCCCCCCCC. The number of likely N-dealkylation sites (N-methyl/N-ethyl adjacent to an activating group) is 1. The lowest BCUT2D eigenvalue weighted by atomic mass is 10.0. The second kappa shape index (κ2) is 45.1. The van der Waals surface area contributed by atoms with Gasteiger partial charge in [0.2, 0.25) is 0 Å². The van der Waals surface area contributed by atoms with Gasteiger partial charge in [-0.15, -0.1) is 0 Å². The summed E-state index contributed by atoms with van der Waals surface area (Å²) in [6.45, 7) is 4.59. The van der Waals surface area contributed by atoms with Crippen LogP contribution in [-0.2, 0) is 28.6 Å². The summed E-state index contributed by atoms with van der Waals surface area (Å²) in [5, 5.41) is 11.7. The molecular formula is C54H99NO7. The fourth-order valence-corrected chi connectivity index (χ4v) is 7.79. The highest BCUT2D eigenvalue weighted by Crippen LogP contribution is 2.16. The van der Waals surface area contributed by atoms with Crippen molar-refractivity contribution in [2.24, 2.45) is 0 Å². The van der Waals surface area contributed by atoms with E-state index < -0.39 is 18.1 Å². The summed E-state index contributed by atoms with van der Waals surface area (Å²) in [5.41, 5.74) is 0. The highest BCUT2D eigenvalue weighted by molar-refractivity contribution is 5.70. The summed E-state index contributed by atoms with van der Waals surface area (Å²) in [5.74, 6) is -1.72. The van der Waals surface area contributed by atoms with Gasteiger partial charge in [-0.25, -0.2) is 0 Å². The lowest BCUT2D eigenvalue weighted by Gasteiger charge is -2.34. The van der Waals surface area contributed by atoms with E-state index >= 15 is 0 Å². The molecule has 0 radical (unpaired) electrons. The molecule has 0 heterocycles. The van der Waals surface area contributed by atoms with Gasteiger partial charge in [-0.3, -0.25) is 9.59 Å². The fourth-order valence-electron chi connectivity index (χ4n) is 7.79. The maximum absolute atomic E-state index is 12.8. The smallest absolute Gasteiger partial charge is 0.306 e. The Bertz CT molecular complexity index is 1110. The number of carbonyl (C=O) groups is 3. The van der Waals surface area contributed by atoms with E-state index in [1.165, 1.54) is 148 Å². The summed E-state index contributed by atoms with van der Waals surface area (Å²) < 4.78 is 17.3. The van der Waals surface area contributed by atoms with Crippen LogP contribution < -0.4 is 5.11 Å². The van der Waals surface area contributed by atoms with Crippen molar-refractivity contribution in [3.63, 3.8) is 0 Å². The number of esters is 2. The van der Waals surface area contributed by atoms with E-state index in [2.05, 4.69) is 50.3 Å². The Hall–Kier alpha value is -2.45. The summed E-state index contributed by atoms with van der Waals surface area (Å²) >= 11 is 0. The molecule has 0 N–H and O–H groups in total. The number of carboxylic acids is 1. The number of unbranched alkanes of at least 4 members (excludes halogenated alkanes) is 27. The lowest BCUT2D eigenvalue weighted by molar-refractivity contribution is -0.889. The number of allylic oxidation sites excluding steroid dienone is 6. The average molecular weight is 874 g/mol. The summed E-state index contributed by atoms with van der Waals surface area (Å²) in [7, 11) is 5.42. The van der Waals surface area contributed by atoms with Gasteiger partial charge in [-0.05, 0) is 44.9 Å². The quantitative estimate of drug-likeness (QED) is 0.0260. The first-order chi connectivity index (χ1) is 30.1. The summed E-state index contributed by atoms with van der Waals surface area (Å²) in [6, 6.07) is -0.724. The maximum atomic E-state index is 12.8. The number of nitrogens with zero attached hydrogens (tertiary/aromatic N) is 1. The number of carboxylic acid groups (broad SMARTS) is 1. The first-order valence-electron chi connectivity index (χ1n) is 26.0. The first-order valence-corrected chi connectivity index (χ1v) is 26.0. The molecule has 0 saturated heterocycles. The minimum Gasteiger partial charge on any atom is -0.544 e. The molecule has 0 rings (SSSR count). The van der Waals surface area contributed by atoms with Crippen LogP contribution in [0.5, 0.6) is 0 Å². The largest absolute Gasteiger partial charge is 0.544 e. The Labute approximate surface area is 383 Å². The number of carbonyl (C=O) groups excluding carboxylic acids is 3. The Balaban J connectivity index is 4.20. The van der Waals surface area contributed by atoms with Gasteiger partial charge >= 0.3 is 11.9 Å². The van der Waals surface area contributed by atoms with Crippen molar-refractivity contribution in [1.29, 1.82) is 0 Å². The van der Waals surface area contributed by atoms with Gasteiger partial charge in [0, 0.05) is 19.3 Å². The molecule has 0 amide bonds. The normalized spacial score (nSPS) is 13.1. The average Bonchev–Trinajstić information content (AvgIpc) is 3.23. The van der Waals surface area contributed by atoms with Crippen molar-refractivity contribution in [3.8, 4) is 0 Å². The van der Waals surface area contributed by atoms with Crippen molar-refractivity contribution in [3.05, 3.63) is 36.5 Å². The van der Waals surface area contributed by atoms with E-state index in [1.54, 1.807) is 0 Å². The van der Waals surface area contributed by atoms with Gasteiger partial charge < -0.3 is 28.6 Å². The number of hydrogen-bond donors (Lipinski definition) is 0. The number of hydrogen-bond acceptors (Lipinski definition) is 7. The molecule has 0 aliphatic heterocycles. The number of rotatable bonds is 47. The summed E-state index contributed by atoms with van der Waals surface area (Å²) in [4.78, 5) is 37.0. The topological polar surface area (TPSA) is 102 Å². The molecule has 0 aromatic heterocycles. The van der Waals surface area contributed by atoms with Crippen molar-refractivity contribution < 1.29 is 38.2 Å². The third kappa shape index (κ3) is 42.8. The van der Waals surface area contributed by atoms with E-state index in [-0.39, 0.29) is 42.7 Å². The van der Waals surface area contributed by atoms with Crippen molar-refractivity contribution in [2.45, 2.75) is 251 Å². The molecule has 8 heteroatoms. The minimum atomic E-state index is -1.12. The number of quaternary nitrogens is 1. The predicted octanol–water partition coefficient (Wildman–Crippen LogP) is 13.6. The van der Waals surface area contributed by atoms with Gasteiger partial charge in [0.15, 0.2) is 6.10 Å². The van der Waals surface area contributed by atoms with E-state index in [1.807, 2.05) is 21.1 Å². The molecule has 362 valence electrons. The molecule has 62 heavy (non-hydrogen) atoms. The maximum Gasteiger partial charge on any atom is 0.306 e. The van der Waals surface area contributed by atoms with Gasteiger partial charge in [0.05, 0.1) is 40.3 Å². The Morgan fingerprint density at radius 1 is 0.500 bits per heavy atom. The van der Waals surface area contributed by atoms with Crippen molar-refractivity contribution in [2.75, 3.05) is 41.0 Å². The molecular weight excluding hydrogens is 775 g/mol. The third-order valence-electron chi connectivity index (χ3n) is 11.8. The van der Waals surface area contributed by atoms with Crippen LogP contribution in [0.4, 0.5) is 0 Å². The number of ether oxygens (including phenoxy) is 3. The molecule has 0 saturated carbocycles. The van der Waals surface area contributed by atoms with Crippen LogP contribution in [-0.4, -0.2) is 75.5 Å². The second-order valence-electron chi connectivity index (χ2n) is 18.7. The van der Waals surface area contributed by atoms with Crippen LogP contribution in [0, 0.1) is 0 Å².